The molecular formula is C25H26ClN3O4S. The SMILES string of the molecule is CC[C@H](C)NC(=O)c1ccccc1NC(=O)c1ccc(N(C)S(=O)(=O)c2ccc(Cl)cc2)cc1. The minimum absolute atomic E-state index is 0.00458. The monoisotopic (exact) mass is 499 g/mol. The van der Waals surface area contributed by atoms with E-state index in [1.54, 1.807) is 36.4 Å². The van der Waals surface area contributed by atoms with Crippen LogP contribution in [0.2, 0.25) is 5.02 Å². The van der Waals surface area contributed by atoms with Crippen molar-refractivity contribution < 1.29 is 18.0 Å². The maximum absolute atomic E-state index is 12.9. The van der Waals surface area contributed by atoms with E-state index in [0.29, 0.717) is 27.5 Å². The Labute approximate surface area is 204 Å². The number of hydrogen-bond donors (Lipinski definition) is 2. The third-order valence-electron chi connectivity index (χ3n) is 5.37. The molecule has 0 aliphatic carbocycles. The van der Waals surface area contributed by atoms with E-state index >= 15 is 0 Å². The van der Waals surface area contributed by atoms with Gasteiger partial charge in [0.2, 0.25) is 0 Å². The second-order valence-corrected chi connectivity index (χ2v) is 10.2. The molecule has 9 heteroatoms. The second kappa shape index (κ2) is 10.7. The molecule has 0 aliphatic heterocycles. The summed E-state index contributed by atoms with van der Waals surface area (Å²) in [7, 11) is -2.35. The Morgan fingerprint density at radius 2 is 1.56 bits per heavy atom. The van der Waals surface area contributed by atoms with E-state index in [1.807, 2.05) is 13.8 Å². The quantitative estimate of drug-likeness (QED) is 0.458. The van der Waals surface area contributed by atoms with Crippen LogP contribution in [-0.2, 0) is 10.0 Å². The van der Waals surface area contributed by atoms with Crippen LogP contribution in [0.25, 0.3) is 0 Å². The minimum Gasteiger partial charge on any atom is -0.350 e. The lowest BCUT2D eigenvalue weighted by Gasteiger charge is -2.20. The van der Waals surface area contributed by atoms with Gasteiger partial charge in [0.1, 0.15) is 0 Å². The van der Waals surface area contributed by atoms with Crippen LogP contribution in [0.3, 0.4) is 0 Å². The summed E-state index contributed by atoms with van der Waals surface area (Å²) in [5, 5.41) is 6.10. The molecule has 0 aliphatic rings. The zero-order valence-electron chi connectivity index (χ0n) is 19.1. The normalized spacial score (nSPS) is 12.0. The Bertz CT molecular complexity index is 1280. The average Bonchev–Trinajstić information content (AvgIpc) is 2.84. The number of carbonyl (C=O) groups is 2. The molecule has 0 saturated carbocycles. The van der Waals surface area contributed by atoms with E-state index in [4.69, 9.17) is 11.6 Å². The number of amides is 2. The number of hydrogen-bond acceptors (Lipinski definition) is 4. The number of carbonyl (C=O) groups excluding carboxylic acids is 2. The summed E-state index contributed by atoms with van der Waals surface area (Å²) in [5.41, 5.74) is 1.46. The van der Waals surface area contributed by atoms with E-state index in [1.165, 1.54) is 43.4 Å². The highest BCUT2D eigenvalue weighted by atomic mass is 35.5. The van der Waals surface area contributed by atoms with Crippen LogP contribution in [0, 0.1) is 0 Å². The number of sulfonamides is 1. The second-order valence-electron chi connectivity index (χ2n) is 7.76. The van der Waals surface area contributed by atoms with Crippen molar-refractivity contribution in [2.45, 2.75) is 31.2 Å². The molecule has 7 nitrogen and oxygen atoms in total. The smallest absolute Gasteiger partial charge is 0.264 e. The first-order chi connectivity index (χ1) is 16.1. The molecule has 0 aromatic heterocycles. The summed E-state index contributed by atoms with van der Waals surface area (Å²) in [6.45, 7) is 3.88. The summed E-state index contributed by atoms with van der Waals surface area (Å²) in [6, 6.07) is 18.8. The first-order valence-corrected chi connectivity index (χ1v) is 12.5. The summed E-state index contributed by atoms with van der Waals surface area (Å²) >= 11 is 5.85. The van der Waals surface area contributed by atoms with Crippen LogP contribution in [0.5, 0.6) is 0 Å². The largest absolute Gasteiger partial charge is 0.350 e. The minimum atomic E-state index is -3.79. The van der Waals surface area contributed by atoms with Crippen molar-refractivity contribution in [3.63, 3.8) is 0 Å². The average molecular weight is 500 g/mol. The van der Waals surface area contributed by atoms with Crippen molar-refractivity contribution in [2.75, 3.05) is 16.7 Å². The van der Waals surface area contributed by atoms with Gasteiger partial charge in [0.25, 0.3) is 21.8 Å². The lowest BCUT2D eigenvalue weighted by molar-refractivity contribution is 0.0940. The molecule has 0 bridgehead atoms. The molecule has 3 aromatic rings. The van der Waals surface area contributed by atoms with Crippen LogP contribution in [0.15, 0.2) is 77.7 Å². The molecule has 0 heterocycles. The molecule has 2 N–H and O–H groups in total. The third-order valence-corrected chi connectivity index (χ3v) is 7.43. The Morgan fingerprint density at radius 3 is 2.18 bits per heavy atom. The fraction of sp³-hybridized carbons (Fsp3) is 0.200. The fourth-order valence-corrected chi connectivity index (χ4v) is 4.44. The van der Waals surface area contributed by atoms with E-state index in [0.717, 1.165) is 10.7 Å². The van der Waals surface area contributed by atoms with Crippen molar-refractivity contribution in [1.82, 2.24) is 5.32 Å². The van der Waals surface area contributed by atoms with Gasteiger partial charge < -0.3 is 10.6 Å². The zero-order valence-corrected chi connectivity index (χ0v) is 20.7. The number of para-hydroxylation sites is 1. The highest BCUT2D eigenvalue weighted by Gasteiger charge is 2.22. The van der Waals surface area contributed by atoms with Crippen LogP contribution in [-0.4, -0.2) is 33.3 Å². The van der Waals surface area contributed by atoms with Gasteiger partial charge in [0, 0.05) is 23.7 Å². The highest BCUT2D eigenvalue weighted by Crippen LogP contribution is 2.24. The predicted octanol–water partition coefficient (Wildman–Crippen LogP) is 4.95. The molecule has 0 spiro atoms. The van der Waals surface area contributed by atoms with Gasteiger partial charge in [-0.05, 0) is 74.0 Å². The Balaban J connectivity index is 1.76. The number of rotatable bonds is 8. The molecule has 178 valence electrons. The van der Waals surface area contributed by atoms with Crippen LogP contribution < -0.4 is 14.9 Å². The number of halogens is 1. The van der Waals surface area contributed by atoms with Crippen molar-refractivity contribution in [3.8, 4) is 0 Å². The molecule has 2 amide bonds. The summed E-state index contributed by atoms with van der Waals surface area (Å²) in [6.07, 6.45) is 0.787. The van der Waals surface area contributed by atoms with Crippen LogP contribution in [0.4, 0.5) is 11.4 Å². The summed E-state index contributed by atoms with van der Waals surface area (Å²) < 4.78 is 26.9. The van der Waals surface area contributed by atoms with Gasteiger partial charge in [-0.15, -0.1) is 0 Å². The van der Waals surface area contributed by atoms with Gasteiger partial charge in [0.15, 0.2) is 0 Å². The molecule has 0 radical (unpaired) electrons. The predicted molar refractivity (Wildman–Crippen MR) is 135 cm³/mol. The lowest BCUT2D eigenvalue weighted by Crippen LogP contribution is -2.32. The Hall–Kier alpha value is -3.36. The molecule has 3 rings (SSSR count). The lowest BCUT2D eigenvalue weighted by atomic mass is 10.1. The maximum atomic E-state index is 12.9. The van der Waals surface area contributed by atoms with Gasteiger partial charge in [-0.1, -0.05) is 30.7 Å². The maximum Gasteiger partial charge on any atom is 0.264 e. The van der Waals surface area contributed by atoms with Gasteiger partial charge in [0.05, 0.1) is 21.8 Å². The van der Waals surface area contributed by atoms with Crippen molar-refractivity contribution in [1.29, 1.82) is 0 Å². The number of anilines is 2. The Kier molecular flexibility index (Phi) is 7.96. The molecular weight excluding hydrogens is 474 g/mol. The standard InChI is InChI=1S/C25H26ClN3O4S/c1-4-17(2)27-25(31)22-7-5-6-8-23(22)28-24(30)18-9-13-20(14-10-18)29(3)34(32,33)21-15-11-19(26)12-16-21/h5-17H,4H2,1-3H3,(H,27,31)(H,28,30)/t17-/m0/s1. The first kappa shape index (κ1) is 25.3. The number of nitrogens with zero attached hydrogens (tertiary/aromatic N) is 1. The summed E-state index contributed by atoms with van der Waals surface area (Å²) in [5.74, 6) is -0.687. The van der Waals surface area contributed by atoms with Crippen molar-refractivity contribution in [2.24, 2.45) is 0 Å². The molecule has 0 fully saturated rings. The zero-order chi connectivity index (χ0) is 24.9. The van der Waals surface area contributed by atoms with Crippen LogP contribution >= 0.6 is 11.6 Å². The number of benzene rings is 3. The van der Waals surface area contributed by atoms with Gasteiger partial charge in [-0.25, -0.2) is 8.42 Å². The van der Waals surface area contributed by atoms with Gasteiger partial charge >= 0.3 is 0 Å². The Morgan fingerprint density at radius 1 is 0.941 bits per heavy atom. The fourth-order valence-electron chi connectivity index (χ4n) is 3.11. The molecule has 0 unspecified atom stereocenters. The van der Waals surface area contributed by atoms with E-state index in [-0.39, 0.29) is 16.8 Å². The molecule has 3 aromatic carbocycles. The topological polar surface area (TPSA) is 95.6 Å². The third kappa shape index (κ3) is 5.76. The van der Waals surface area contributed by atoms with Gasteiger partial charge in [-0.2, -0.15) is 0 Å². The van der Waals surface area contributed by atoms with E-state index in [2.05, 4.69) is 10.6 Å². The van der Waals surface area contributed by atoms with Crippen molar-refractivity contribution >= 4 is 44.8 Å². The molecule has 34 heavy (non-hydrogen) atoms. The van der Waals surface area contributed by atoms with Gasteiger partial charge in [-0.3, -0.25) is 13.9 Å². The van der Waals surface area contributed by atoms with Crippen molar-refractivity contribution in [3.05, 3.63) is 88.9 Å². The molecule has 1 atom stereocenters. The summed E-state index contributed by atoms with van der Waals surface area (Å²) in [4.78, 5) is 25.5. The van der Waals surface area contributed by atoms with E-state index < -0.39 is 15.9 Å². The highest BCUT2D eigenvalue weighted by molar-refractivity contribution is 7.92. The molecule has 0 saturated heterocycles. The van der Waals surface area contributed by atoms with E-state index in [9.17, 15) is 18.0 Å². The number of nitrogens with one attached hydrogen (secondary N) is 2. The van der Waals surface area contributed by atoms with Crippen LogP contribution in [0.1, 0.15) is 41.0 Å². The first-order valence-electron chi connectivity index (χ1n) is 10.7.